The van der Waals surface area contributed by atoms with E-state index in [9.17, 15) is 8.42 Å². The van der Waals surface area contributed by atoms with Crippen LogP contribution < -0.4 is 15.4 Å². The zero-order valence-electron chi connectivity index (χ0n) is 15.5. The number of nitrogens with one attached hydrogen (secondary N) is 3. The number of pyridine rings is 1. The number of benzene rings is 1. The number of rotatable bonds is 9. The Labute approximate surface area is 164 Å². The maximum atomic E-state index is 12.1. The largest absolute Gasteiger partial charge is 0.367 e. The Balaban J connectivity index is 1.42. The first kappa shape index (κ1) is 19.7. The fraction of sp³-hybridized carbons (Fsp3) is 0.211. The topological polar surface area (TPSA) is 109 Å². The second-order valence-corrected chi connectivity index (χ2v) is 8.04. The highest BCUT2D eigenvalue weighted by atomic mass is 32.2. The molecule has 2 heterocycles. The number of anilines is 3. The van der Waals surface area contributed by atoms with Gasteiger partial charge in [-0.1, -0.05) is 29.8 Å². The van der Waals surface area contributed by atoms with Crippen molar-refractivity contribution >= 4 is 27.3 Å². The van der Waals surface area contributed by atoms with Gasteiger partial charge in [-0.3, -0.25) is 4.98 Å². The van der Waals surface area contributed by atoms with E-state index in [1.807, 2.05) is 43.3 Å². The smallest absolute Gasteiger partial charge is 0.215 e. The molecule has 3 rings (SSSR count). The van der Waals surface area contributed by atoms with E-state index in [0.717, 1.165) is 16.8 Å². The Morgan fingerprint density at radius 3 is 2.36 bits per heavy atom. The van der Waals surface area contributed by atoms with E-state index in [0.29, 0.717) is 18.2 Å². The number of aryl methyl sites for hydroxylation is 1. The van der Waals surface area contributed by atoms with E-state index in [1.54, 1.807) is 24.5 Å². The van der Waals surface area contributed by atoms with E-state index in [-0.39, 0.29) is 12.3 Å². The molecule has 0 fully saturated rings. The standard InChI is InChI=1S/C19H22N6O2S/c1-15-4-6-16(7-5-15)14-28(26,27)22-12-11-21-18-8-9-19(25-24-18)23-17-3-2-10-20-13-17/h2-10,13,22H,11-12,14H2,1H3,(H,21,24)(H,23,25). The molecule has 0 aliphatic rings. The van der Waals surface area contributed by atoms with Crippen LogP contribution in [0.3, 0.4) is 0 Å². The lowest BCUT2D eigenvalue weighted by Gasteiger charge is -2.09. The summed E-state index contributed by atoms with van der Waals surface area (Å²) < 4.78 is 26.8. The highest BCUT2D eigenvalue weighted by molar-refractivity contribution is 7.88. The van der Waals surface area contributed by atoms with Gasteiger partial charge in [0.25, 0.3) is 0 Å². The fourth-order valence-electron chi connectivity index (χ4n) is 2.43. The highest BCUT2D eigenvalue weighted by Crippen LogP contribution is 2.13. The normalized spacial score (nSPS) is 11.2. The zero-order chi connectivity index (χ0) is 19.8. The molecular weight excluding hydrogens is 376 g/mol. The van der Waals surface area contributed by atoms with Crippen LogP contribution in [0.5, 0.6) is 0 Å². The van der Waals surface area contributed by atoms with Crippen LogP contribution in [0.4, 0.5) is 17.3 Å². The first-order chi connectivity index (χ1) is 13.5. The van der Waals surface area contributed by atoms with E-state index >= 15 is 0 Å². The maximum Gasteiger partial charge on any atom is 0.215 e. The van der Waals surface area contributed by atoms with Crippen LogP contribution in [-0.4, -0.2) is 36.7 Å². The van der Waals surface area contributed by atoms with Crippen LogP contribution in [-0.2, 0) is 15.8 Å². The van der Waals surface area contributed by atoms with Gasteiger partial charge in [0, 0.05) is 19.3 Å². The van der Waals surface area contributed by atoms with Gasteiger partial charge in [0.05, 0.1) is 17.6 Å². The number of hydrogen-bond acceptors (Lipinski definition) is 7. The monoisotopic (exact) mass is 398 g/mol. The predicted molar refractivity (Wildman–Crippen MR) is 110 cm³/mol. The summed E-state index contributed by atoms with van der Waals surface area (Å²) in [6.45, 7) is 2.62. The van der Waals surface area contributed by atoms with Gasteiger partial charge in [-0.2, -0.15) is 0 Å². The Bertz CT molecular complexity index is 977. The van der Waals surface area contributed by atoms with Gasteiger partial charge in [0.15, 0.2) is 5.82 Å². The molecule has 0 aliphatic heterocycles. The second kappa shape index (κ2) is 9.25. The third kappa shape index (κ3) is 6.29. The lowest BCUT2D eigenvalue weighted by Crippen LogP contribution is -2.30. The number of nitrogens with zero attached hydrogens (tertiary/aromatic N) is 3. The molecule has 2 aromatic heterocycles. The molecule has 0 saturated heterocycles. The molecule has 9 heteroatoms. The molecule has 0 atom stereocenters. The molecule has 0 aliphatic carbocycles. The minimum Gasteiger partial charge on any atom is -0.367 e. The van der Waals surface area contributed by atoms with Crippen molar-refractivity contribution in [3.8, 4) is 0 Å². The van der Waals surface area contributed by atoms with Crippen LogP contribution in [0.25, 0.3) is 0 Å². The van der Waals surface area contributed by atoms with Crippen molar-refractivity contribution in [1.29, 1.82) is 0 Å². The molecule has 0 unspecified atom stereocenters. The van der Waals surface area contributed by atoms with E-state index in [1.165, 1.54) is 0 Å². The minimum absolute atomic E-state index is 0.0399. The van der Waals surface area contributed by atoms with Gasteiger partial charge in [0.2, 0.25) is 10.0 Å². The molecule has 28 heavy (non-hydrogen) atoms. The zero-order valence-corrected chi connectivity index (χ0v) is 16.3. The van der Waals surface area contributed by atoms with Crippen LogP contribution >= 0.6 is 0 Å². The Hall–Kier alpha value is -3.04. The molecule has 0 radical (unpaired) electrons. The van der Waals surface area contributed by atoms with Crippen molar-refractivity contribution in [2.45, 2.75) is 12.7 Å². The second-order valence-electron chi connectivity index (χ2n) is 6.24. The van der Waals surface area contributed by atoms with Gasteiger partial charge >= 0.3 is 0 Å². The summed E-state index contributed by atoms with van der Waals surface area (Å²) in [5.41, 5.74) is 2.68. The number of aromatic nitrogens is 3. The van der Waals surface area contributed by atoms with E-state index in [4.69, 9.17) is 0 Å². The Kier molecular flexibility index (Phi) is 6.51. The van der Waals surface area contributed by atoms with Crippen molar-refractivity contribution in [1.82, 2.24) is 19.9 Å². The molecule has 0 bridgehead atoms. The third-order valence-corrected chi connectivity index (χ3v) is 5.19. The van der Waals surface area contributed by atoms with Crippen molar-refractivity contribution in [3.05, 3.63) is 72.1 Å². The molecular formula is C19H22N6O2S. The third-order valence-electron chi connectivity index (χ3n) is 3.83. The number of sulfonamides is 1. The van der Waals surface area contributed by atoms with Gasteiger partial charge in [-0.05, 0) is 36.8 Å². The molecule has 0 spiro atoms. The van der Waals surface area contributed by atoms with Gasteiger partial charge < -0.3 is 10.6 Å². The SMILES string of the molecule is Cc1ccc(CS(=O)(=O)NCCNc2ccc(Nc3cccnc3)nn2)cc1. The highest BCUT2D eigenvalue weighted by Gasteiger charge is 2.10. The summed E-state index contributed by atoms with van der Waals surface area (Å²) in [5, 5.41) is 14.3. The fourth-order valence-corrected chi connectivity index (χ4v) is 3.58. The lowest BCUT2D eigenvalue weighted by atomic mass is 10.2. The molecule has 3 N–H and O–H groups in total. The average molecular weight is 398 g/mol. The summed E-state index contributed by atoms with van der Waals surface area (Å²) >= 11 is 0. The van der Waals surface area contributed by atoms with Crippen LogP contribution in [0, 0.1) is 6.92 Å². The summed E-state index contributed by atoms with van der Waals surface area (Å²) in [6, 6.07) is 14.7. The van der Waals surface area contributed by atoms with Crippen molar-refractivity contribution in [2.75, 3.05) is 23.7 Å². The summed E-state index contributed by atoms with van der Waals surface area (Å²) in [5.74, 6) is 1.12. The number of hydrogen-bond donors (Lipinski definition) is 3. The average Bonchev–Trinajstić information content (AvgIpc) is 2.69. The van der Waals surface area contributed by atoms with Crippen LogP contribution in [0.2, 0.25) is 0 Å². The van der Waals surface area contributed by atoms with Gasteiger partial charge in [-0.15, -0.1) is 10.2 Å². The Morgan fingerprint density at radius 1 is 0.929 bits per heavy atom. The van der Waals surface area contributed by atoms with Gasteiger partial charge in [0.1, 0.15) is 5.82 Å². The molecule has 1 aromatic carbocycles. The lowest BCUT2D eigenvalue weighted by molar-refractivity contribution is 0.582. The summed E-state index contributed by atoms with van der Waals surface area (Å²) in [7, 11) is -3.39. The Morgan fingerprint density at radius 2 is 1.68 bits per heavy atom. The molecule has 8 nitrogen and oxygen atoms in total. The van der Waals surface area contributed by atoms with Crippen molar-refractivity contribution < 1.29 is 8.42 Å². The summed E-state index contributed by atoms with van der Waals surface area (Å²) in [6.07, 6.45) is 3.38. The summed E-state index contributed by atoms with van der Waals surface area (Å²) in [4.78, 5) is 4.02. The predicted octanol–water partition coefficient (Wildman–Crippen LogP) is 2.46. The van der Waals surface area contributed by atoms with Crippen LogP contribution in [0.1, 0.15) is 11.1 Å². The molecule has 0 amide bonds. The first-order valence-corrected chi connectivity index (χ1v) is 10.4. The van der Waals surface area contributed by atoms with E-state index in [2.05, 4.69) is 30.5 Å². The maximum absolute atomic E-state index is 12.1. The molecule has 3 aromatic rings. The van der Waals surface area contributed by atoms with Crippen LogP contribution in [0.15, 0.2) is 60.9 Å². The minimum atomic E-state index is -3.39. The molecule has 0 saturated carbocycles. The first-order valence-electron chi connectivity index (χ1n) is 8.78. The van der Waals surface area contributed by atoms with E-state index < -0.39 is 10.0 Å². The van der Waals surface area contributed by atoms with Gasteiger partial charge in [-0.25, -0.2) is 13.1 Å². The van der Waals surface area contributed by atoms with Crippen molar-refractivity contribution in [3.63, 3.8) is 0 Å². The molecule has 146 valence electrons. The van der Waals surface area contributed by atoms with Crippen molar-refractivity contribution in [2.24, 2.45) is 0 Å². The quantitative estimate of drug-likeness (QED) is 0.475.